The van der Waals surface area contributed by atoms with E-state index >= 15 is 0 Å². The van der Waals surface area contributed by atoms with Crippen LogP contribution in [0.1, 0.15) is 0 Å². The molecule has 4 aromatic carbocycles. The van der Waals surface area contributed by atoms with Gasteiger partial charge in [0.05, 0.1) is 0 Å². The molecule has 25 heavy (non-hydrogen) atoms. The zero-order valence-electron chi connectivity index (χ0n) is 14.0. The molecule has 0 unspecified atom stereocenters. The van der Waals surface area contributed by atoms with Crippen LogP contribution in [-0.4, -0.2) is 18.4 Å². The van der Waals surface area contributed by atoms with Gasteiger partial charge < -0.3 is 0 Å². The molecule has 0 spiro atoms. The second-order valence-corrected chi connectivity index (χ2v) is 17.1. The van der Waals surface area contributed by atoms with Crippen molar-refractivity contribution in [2.24, 2.45) is 0 Å². The third-order valence-electron chi connectivity index (χ3n) is 4.83. The van der Waals surface area contributed by atoms with Crippen LogP contribution >= 0.6 is 0 Å². The summed E-state index contributed by atoms with van der Waals surface area (Å²) >= 11 is -3.31. The van der Waals surface area contributed by atoms with E-state index in [2.05, 4.69) is 121 Å². The average Bonchev–Trinajstić information content (AvgIpc) is 2.72. The average molecular weight is 329 g/mol. The molecule has 0 atom stereocenters. The molecule has 120 valence electrons. The van der Waals surface area contributed by atoms with E-state index in [1.165, 1.54) is 14.3 Å². The Hall–Kier alpha value is -2.32. The molecule has 0 nitrogen and oxygen atoms in total. The van der Waals surface area contributed by atoms with Gasteiger partial charge in [0.15, 0.2) is 0 Å². The van der Waals surface area contributed by atoms with Gasteiger partial charge in [0.2, 0.25) is 0 Å². The first-order valence-corrected chi connectivity index (χ1v) is 14.4. The molecule has 0 amide bonds. The van der Waals surface area contributed by atoms with Crippen molar-refractivity contribution in [1.82, 2.24) is 0 Å². The normalized spacial score (nSPS) is 11.2. The summed E-state index contributed by atoms with van der Waals surface area (Å²) < 4.78 is 5.95. The first kappa shape index (κ1) is 16.2. The number of hydrogen-bond donors (Lipinski definition) is 0. The summed E-state index contributed by atoms with van der Waals surface area (Å²) in [4.78, 5) is 0. The molecule has 0 aliphatic heterocycles. The second kappa shape index (κ2) is 7.28. The van der Waals surface area contributed by atoms with Gasteiger partial charge in [-0.05, 0) is 0 Å². The van der Waals surface area contributed by atoms with Gasteiger partial charge in [-0.25, -0.2) is 0 Å². The van der Waals surface area contributed by atoms with Gasteiger partial charge in [0.1, 0.15) is 0 Å². The van der Waals surface area contributed by atoms with E-state index in [-0.39, 0.29) is 0 Å². The summed E-state index contributed by atoms with van der Waals surface area (Å²) in [6.07, 6.45) is 0. The zero-order chi connectivity index (χ0) is 17.0. The minimum atomic E-state index is -3.31. The van der Waals surface area contributed by atoms with Crippen molar-refractivity contribution in [3.63, 3.8) is 0 Å². The minimum absolute atomic E-state index is 1.49. The van der Waals surface area contributed by atoms with Crippen LogP contribution < -0.4 is 14.3 Å². The molecule has 0 radical (unpaired) electrons. The van der Waals surface area contributed by atoms with E-state index in [0.717, 1.165) is 0 Å². The molecule has 4 aromatic rings. The molecular weight excluding hydrogens is 309 g/mol. The van der Waals surface area contributed by atoms with E-state index in [1.54, 1.807) is 0 Å². The van der Waals surface area contributed by atoms with Crippen molar-refractivity contribution < 1.29 is 0 Å². The van der Waals surface area contributed by atoms with E-state index in [1.807, 2.05) is 0 Å². The fourth-order valence-corrected chi connectivity index (χ4v) is 17.4. The molecule has 1 heteroatoms. The molecule has 0 aliphatic carbocycles. The van der Waals surface area contributed by atoms with Gasteiger partial charge in [-0.3, -0.25) is 0 Å². The molecule has 0 bridgehead atoms. The van der Waals surface area contributed by atoms with Gasteiger partial charge in [-0.2, -0.15) is 0 Å². The van der Waals surface area contributed by atoms with Gasteiger partial charge in [-0.15, -0.1) is 0 Å². The van der Waals surface area contributed by atoms with Crippen LogP contribution in [0, 0.1) is 0 Å². The van der Waals surface area contributed by atoms with Gasteiger partial charge >= 0.3 is 154 Å². The fourth-order valence-electron chi connectivity index (χ4n) is 3.75. The maximum atomic E-state index is 2.32. The third kappa shape index (κ3) is 2.91. The molecule has 0 aromatic heterocycles. The van der Waals surface area contributed by atoms with Gasteiger partial charge in [0, 0.05) is 0 Å². The Bertz CT molecular complexity index is 753. The molecule has 0 aliphatic rings. The van der Waals surface area contributed by atoms with E-state index in [9.17, 15) is 0 Å². The summed E-state index contributed by atoms with van der Waals surface area (Å²) in [6.45, 7) is 0. The predicted octanol–water partition coefficient (Wildman–Crippen LogP) is 3.06. The summed E-state index contributed by atoms with van der Waals surface area (Å²) in [5.41, 5.74) is 0. The zero-order valence-corrected chi connectivity index (χ0v) is 16.9. The molecule has 4 rings (SSSR count). The van der Waals surface area contributed by atoms with Crippen molar-refractivity contribution in [3.8, 4) is 0 Å². The number of rotatable bonds is 4. The Balaban J connectivity index is 2.13. The van der Waals surface area contributed by atoms with Crippen molar-refractivity contribution in [2.45, 2.75) is 0 Å². The standard InChI is InChI=1S/4C6H5.Sn/c4*1-2-4-6-5-3-1;/h4*1-5H;/i;;;;1-98. The van der Waals surface area contributed by atoms with Gasteiger partial charge in [-0.1, -0.05) is 0 Å². The summed E-state index contributed by atoms with van der Waals surface area (Å²) in [5, 5.41) is 0. The first-order chi connectivity index (χ1) is 12.4. The SMILES string of the molecule is c1cc[c]([21Sn]([c]2ccccc2)([c]2ccccc2)[c]2ccccc2)cc1. The Kier molecular flexibility index (Phi) is 4.71. The van der Waals surface area contributed by atoms with Crippen LogP contribution in [0.15, 0.2) is 121 Å². The Labute approximate surface area is 153 Å². The molecule has 0 saturated heterocycles. The fraction of sp³-hybridized carbons (Fsp3) is 0. The topological polar surface area (TPSA) is 0 Å². The van der Waals surface area contributed by atoms with Crippen LogP contribution in [0.3, 0.4) is 0 Å². The van der Waals surface area contributed by atoms with Crippen LogP contribution in [0.25, 0.3) is 0 Å². The van der Waals surface area contributed by atoms with Crippen LogP contribution in [-0.2, 0) is 0 Å². The third-order valence-corrected chi connectivity index (χ3v) is 18.5. The summed E-state index contributed by atoms with van der Waals surface area (Å²) in [7, 11) is 0. The first-order valence-electron chi connectivity index (χ1n) is 8.64. The second-order valence-electron chi connectivity index (χ2n) is 6.21. The monoisotopic (exact) mass is 329 g/mol. The van der Waals surface area contributed by atoms with Crippen LogP contribution in [0.2, 0.25) is 0 Å². The Morgan fingerprint density at radius 2 is 0.480 bits per heavy atom. The van der Waals surface area contributed by atoms with Crippen LogP contribution in [0.5, 0.6) is 0 Å². The van der Waals surface area contributed by atoms with Crippen LogP contribution in [0.4, 0.5) is 0 Å². The Morgan fingerprint density at radius 3 is 0.680 bits per heavy atom. The molecule has 0 heterocycles. The summed E-state index contributed by atoms with van der Waals surface area (Å²) in [6, 6.07) is 44.4. The van der Waals surface area contributed by atoms with Crippen molar-refractivity contribution in [3.05, 3.63) is 121 Å². The number of hydrogen-bond acceptors (Lipinski definition) is 0. The molecule has 0 N–H and O–H groups in total. The van der Waals surface area contributed by atoms with Gasteiger partial charge in [0.25, 0.3) is 0 Å². The van der Waals surface area contributed by atoms with Crippen molar-refractivity contribution in [2.75, 3.05) is 0 Å². The predicted molar refractivity (Wildman–Crippen MR) is 110 cm³/mol. The molecule has 0 saturated carbocycles. The van der Waals surface area contributed by atoms with E-state index in [0.29, 0.717) is 0 Å². The van der Waals surface area contributed by atoms with E-state index < -0.39 is 18.4 Å². The molecule has 0 fully saturated rings. The quantitative estimate of drug-likeness (QED) is 0.505. The van der Waals surface area contributed by atoms with E-state index in [4.69, 9.17) is 0 Å². The van der Waals surface area contributed by atoms with Crippen molar-refractivity contribution >= 4 is 32.7 Å². The number of benzene rings is 4. The molecular formula is C24H20Sn. The summed E-state index contributed by atoms with van der Waals surface area (Å²) in [5.74, 6) is 0. The van der Waals surface area contributed by atoms with Crippen molar-refractivity contribution in [1.29, 1.82) is 0 Å². The Morgan fingerprint density at radius 1 is 0.280 bits per heavy atom. The maximum absolute atomic E-state index is 3.31.